The van der Waals surface area contributed by atoms with E-state index >= 15 is 0 Å². The summed E-state index contributed by atoms with van der Waals surface area (Å²) in [4.78, 5) is 0. The van der Waals surface area contributed by atoms with Crippen molar-refractivity contribution in [3.8, 4) is 11.1 Å². The molecule has 1 aliphatic carbocycles. The van der Waals surface area contributed by atoms with E-state index in [1.54, 1.807) is 0 Å². The number of ether oxygens (including phenoxy) is 1. The van der Waals surface area contributed by atoms with E-state index < -0.39 is 0 Å². The molecule has 0 saturated heterocycles. The number of fused-ring (bicyclic) bond motifs is 3. The van der Waals surface area contributed by atoms with Gasteiger partial charge in [-0.05, 0) is 22.3 Å². The lowest BCUT2D eigenvalue weighted by Crippen LogP contribution is -1.90. The van der Waals surface area contributed by atoms with Crippen LogP contribution in [0.5, 0.6) is 0 Å². The lowest BCUT2D eigenvalue weighted by molar-refractivity contribution is 0.0896. The second kappa shape index (κ2) is 3.67. The smallest absolute Gasteiger partial charge is 0.339 e. The molecular formula is C15H11O2. The van der Waals surface area contributed by atoms with E-state index in [-0.39, 0.29) is 5.95 Å². The number of rotatable bonds is 1. The summed E-state index contributed by atoms with van der Waals surface area (Å²) in [6.45, 7) is 0. The Morgan fingerprint density at radius 3 is 1.65 bits per heavy atom. The van der Waals surface area contributed by atoms with Gasteiger partial charge in [0.05, 0.1) is 12.7 Å². The van der Waals surface area contributed by atoms with Crippen molar-refractivity contribution >= 4 is 5.57 Å². The van der Waals surface area contributed by atoms with Gasteiger partial charge in [-0.15, -0.1) is 0 Å². The van der Waals surface area contributed by atoms with Gasteiger partial charge in [-0.25, -0.2) is 5.11 Å². The minimum atomic E-state index is -0.276. The van der Waals surface area contributed by atoms with Gasteiger partial charge in [0.25, 0.3) is 0 Å². The molecule has 2 aromatic rings. The Hall–Kier alpha value is -2.22. The van der Waals surface area contributed by atoms with Gasteiger partial charge in [-0.1, -0.05) is 48.5 Å². The Morgan fingerprint density at radius 2 is 1.24 bits per heavy atom. The lowest BCUT2D eigenvalue weighted by Gasteiger charge is -2.02. The Balaban J connectivity index is 2.39. The van der Waals surface area contributed by atoms with Crippen LogP contribution in [0, 0.1) is 0 Å². The highest BCUT2D eigenvalue weighted by Gasteiger charge is 2.26. The lowest BCUT2D eigenvalue weighted by atomic mass is 10.1. The molecule has 0 saturated carbocycles. The van der Waals surface area contributed by atoms with Gasteiger partial charge in [0.2, 0.25) is 0 Å². The first-order valence-electron chi connectivity index (χ1n) is 5.47. The SMILES string of the molecule is COC([O])=C1c2ccccc2-c2ccccc21. The average molecular weight is 223 g/mol. The Kier molecular flexibility index (Phi) is 2.15. The third kappa shape index (κ3) is 1.34. The Labute approximate surface area is 99.8 Å². The van der Waals surface area contributed by atoms with Gasteiger partial charge >= 0.3 is 5.95 Å². The van der Waals surface area contributed by atoms with Crippen molar-refractivity contribution in [1.82, 2.24) is 0 Å². The summed E-state index contributed by atoms with van der Waals surface area (Å²) in [6, 6.07) is 15.8. The van der Waals surface area contributed by atoms with Crippen LogP contribution in [0.3, 0.4) is 0 Å². The quantitative estimate of drug-likeness (QED) is 0.581. The monoisotopic (exact) mass is 223 g/mol. The van der Waals surface area contributed by atoms with Crippen LogP contribution in [0.2, 0.25) is 0 Å². The highest BCUT2D eigenvalue weighted by molar-refractivity contribution is 6.01. The highest BCUT2D eigenvalue weighted by atomic mass is 16.6. The maximum absolute atomic E-state index is 11.9. The third-order valence-corrected chi connectivity index (χ3v) is 3.07. The molecule has 0 heterocycles. The minimum absolute atomic E-state index is 0.276. The first kappa shape index (κ1) is 9.97. The summed E-state index contributed by atoms with van der Waals surface area (Å²) in [6.07, 6.45) is 0. The molecule has 0 atom stereocenters. The van der Waals surface area contributed by atoms with Crippen molar-refractivity contribution in [2.24, 2.45) is 0 Å². The topological polar surface area (TPSA) is 29.1 Å². The normalized spacial score (nSPS) is 11.9. The molecule has 0 aromatic heterocycles. The van der Waals surface area contributed by atoms with E-state index in [0.717, 1.165) is 22.3 Å². The van der Waals surface area contributed by atoms with Crippen LogP contribution < -0.4 is 0 Å². The molecule has 2 nitrogen and oxygen atoms in total. The predicted molar refractivity (Wildman–Crippen MR) is 65.6 cm³/mol. The molecule has 0 spiro atoms. The van der Waals surface area contributed by atoms with E-state index in [0.29, 0.717) is 5.57 Å². The summed E-state index contributed by atoms with van der Waals surface area (Å²) in [5.41, 5.74) is 4.78. The van der Waals surface area contributed by atoms with Crippen LogP contribution in [0.25, 0.3) is 16.7 Å². The summed E-state index contributed by atoms with van der Waals surface area (Å²) in [5, 5.41) is 11.9. The molecule has 83 valence electrons. The summed E-state index contributed by atoms with van der Waals surface area (Å²) in [7, 11) is 1.42. The molecule has 2 aromatic carbocycles. The van der Waals surface area contributed by atoms with Crippen molar-refractivity contribution in [1.29, 1.82) is 0 Å². The van der Waals surface area contributed by atoms with Crippen LogP contribution in [0.4, 0.5) is 0 Å². The fourth-order valence-electron chi connectivity index (χ4n) is 2.34. The zero-order chi connectivity index (χ0) is 11.8. The first-order valence-corrected chi connectivity index (χ1v) is 5.47. The van der Waals surface area contributed by atoms with Crippen molar-refractivity contribution in [2.45, 2.75) is 0 Å². The zero-order valence-electron chi connectivity index (χ0n) is 9.44. The summed E-state index contributed by atoms with van der Waals surface area (Å²) in [5.74, 6) is -0.276. The van der Waals surface area contributed by atoms with E-state index in [4.69, 9.17) is 4.74 Å². The van der Waals surface area contributed by atoms with Crippen molar-refractivity contribution in [2.75, 3.05) is 7.11 Å². The van der Waals surface area contributed by atoms with E-state index in [1.807, 2.05) is 48.5 Å². The molecular weight excluding hydrogens is 212 g/mol. The molecule has 0 N–H and O–H groups in total. The molecule has 3 rings (SSSR count). The van der Waals surface area contributed by atoms with Crippen LogP contribution in [0.1, 0.15) is 11.1 Å². The van der Waals surface area contributed by atoms with Crippen LogP contribution in [0.15, 0.2) is 54.5 Å². The number of benzene rings is 2. The fraction of sp³-hybridized carbons (Fsp3) is 0.0667. The molecule has 0 fully saturated rings. The van der Waals surface area contributed by atoms with Gasteiger partial charge in [0.1, 0.15) is 0 Å². The van der Waals surface area contributed by atoms with E-state index in [1.165, 1.54) is 7.11 Å². The van der Waals surface area contributed by atoms with Gasteiger partial charge in [0.15, 0.2) is 0 Å². The van der Waals surface area contributed by atoms with Gasteiger partial charge in [-0.3, -0.25) is 0 Å². The maximum atomic E-state index is 11.9. The molecule has 1 radical (unpaired) electrons. The van der Waals surface area contributed by atoms with Crippen molar-refractivity contribution in [3.63, 3.8) is 0 Å². The summed E-state index contributed by atoms with van der Waals surface area (Å²) < 4.78 is 4.87. The first-order chi connectivity index (χ1) is 8.33. The molecule has 0 amide bonds. The molecule has 17 heavy (non-hydrogen) atoms. The summed E-state index contributed by atoms with van der Waals surface area (Å²) >= 11 is 0. The third-order valence-electron chi connectivity index (χ3n) is 3.07. The average Bonchev–Trinajstić information content (AvgIpc) is 2.72. The van der Waals surface area contributed by atoms with Gasteiger partial charge < -0.3 is 4.74 Å². The zero-order valence-corrected chi connectivity index (χ0v) is 9.44. The Bertz CT molecular complexity index is 564. The predicted octanol–water partition coefficient (Wildman–Crippen LogP) is 3.46. The van der Waals surface area contributed by atoms with Crippen LogP contribution in [-0.2, 0) is 9.84 Å². The number of methoxy groups -OCH3 is 1. The minimum Gasteiger partial charge on any atom is -0.465 e. The highest BCUT2D eigenvalue weighted by Crippen LogP contribution is 2.44. The van der Waals surface area contributed by atoms with Gasteiger partial charge in [0, 0.05) is 0 Å². The van der Waals surface area contributed by atoms with E-state index in [2.05, 4.69) is 0 Å². The van der Waals surface area contributed by atoms with Gasteiger partial charge in [-0.2, -0.15) is 0 Å². The second-order valence-electron chi connectivity index (χ2n) is 3.96. The standard InChI is InChI=1S/C15H11O2/c1-17-15(16)14-12-8-4-2-6-10(12)11-7-3-5-9-13(11)14/h2-9H,1H3. The van der Waals surface area contributed by atoms with Crippen LogP contribution in [-0.4, -0.2) is 7.11 Å². The van der Waals surface area contributed by atoms with Crippen molar-refractivity contribution in [3.05, 3.63) is 65.6 Å². The Morgan fingerprint density at radius 1 is 0.824 bits per heavy atom. The maximum Gasteiger partial charge on any atom is 0.339 e. The molecule has 0 unspecified atom stereocenters. The van der Waals surface area contributed by atoms with Crippen LogP contribution >= 0.6 is 0 Å². The molecule has 0 aliphatic heterocycles. The largest absolute Gasteiger partial charge is 0.465 e. The molecule has 0 bridgehead atoms. The second-order valence-corrected chi connectivity index (χ2v) is 3.96. The van der Waals surface area contributed by atoms with E-state index in [9.17, 15) is 5.11 Å². The fourth-order valence-corrected chi connectivity index (χ4v) is 2.34. The molecule has 2 heteroatoms. The molecule has 1 aliphatic rings. The van der Waals surface area contributed by atoms with Crippen molar-refractivity contribution < 1.29 is 9.84 Å². The number of hydrogen-bond donors (Lipinski definition) is 0. The number of hydrogen-bond acceptors (Lipinski definition) is 1.